The number of sulfonamides is 1. The monoisotopic (exact) mass is 344 g/mol. The van der Waals surface area contributed by atoms with E-state index in [1.54, 1.807) is 31.4 Å². The molecule has 0 saturated heterocycles. The zero-order valence-corrected chi connectivity index (χ0v) is 14.6. The second-order valence-corrected chi connectivity index (χ2v) is 7.52. The molecule has 0 aliphatic heterocycles. The topological polar surface area (TPSA) is 67.8 Å². The summed E-state index contributed by atoms with van der Waals surface area (Å²) >= 11 is 0. The van der Waals surface area contributed by atoms with Crippen molar-refractivity contribution in [2.24, 2.45) is 5.10 Å². The van der Waals surface area contributed by atoms with Crippen LogP contribution in [-0.2, 0) is 22.9 Å². The number of benzene rings is 2. The highest BCUT2D eigenvalue weighted by atomic mass is 32.2. The number of ether oxygens (including phenoxy) is 1. The molecule has 1 aliphatic carbocycles. The van der Waals surface area contributed by atoms with Crippen molar-refractivity contribution in [1.82, 2.24) is 4.83 Å². The van der Waals surface area contributed by atoms with E-state index in [4.69, 9.17) is 4.74 Å². The van der Waals surface area contributed by atoms with Gasteiger partial charge in [-0.1, -0.05) is 29.8 Å². The third kappa shape index (κ3) is 3.43. The van der Waals surface area contributed by atoms with E-state index in [-0.39, 0.29) is 4.90 Å². The number of nitrogens with one attached hydrogen (secondary N) is 1. The zero-order valence-electron chi connectivity index (χ0n) is 13.7. The maximum absolute atomic E-state index is 12.3. The van der Waals surface area contributed by atoms with Crippen LogP contribution in [0.4, 0.5) is 0 Å². The highest BCUT2D eigenvalue weighted by Crippen LogP contribution is 2.28. The van der Waals surface area contributed by atoms with Crippen molar-refractivity contribution in [1.29, 1.82) is 0 Å². The summed E-state index contributed by atoms with van der Waals surface area (Å²) in [6, 6.07) is 12.6. The van der Waals surface area contributed by atoms with Crippen molar-refractivity contribution in [2.75, 3.05) is 7.11 Å². The first kappa shape index (κ1) is 16.5. The molecule has 24 heavy (non-hydrogen) atoms. The number of nitrogens with zero attached hydrogens (tertiary/aromatic N) is 1. The molecular formula is C18H20N2O3S. The van der Waals surface area contributed by atoms with Crippen LogP contribution in [0.15, 0.2) is 52.5 Å². The molecule has 0 aromatic heterocycles. The van der Waals surface area contributed by atoms with Crippen LogP contribution in [0, 0.1) is 6.92 Å². The molecular weight excluding hydrogens is 324 g/mol. The number of hydrogen-bond acceptors (Lipinski definition) is 4. The van der Waals surface area contributed by atoms with Gasteiger partial charge in [0.1, 0.15) is 5.75 Å². The van der Waals surface area contributed by atoms with Gasteiger partial charge in [0.2, 0.25) is 0 Å². The van der Waals surface area contributed by atoms with E-state index in [0.717, 1.165) is 29.0 Å². The molecule has 0 saturated carbocycles. The van der Waals surface area contributed by atoms with Gasteiger partial charge in [-0.15, -0.1) is 0 Å². The molecule has 1 N–H and O–H groups in total. The van der Waals surface area contributed by atoms with Crippen molar-refractivity contribution >= 4 is 15.7 Å². The summed E-state index contributed by atoms with van der Waals surface area (Å²) in [6.45, 7) is 1.91. The third-order valence-electron chi connectivity index (χ3n) is 4.16. The second kappa shape index (κ2) is 6.65. The lowest BCUT2D eigenvalue weighted by molar-refractivity contribution is 0.408. The number of hydrazone groups is 1. The van der Waals surface area contributed by atoms with Crippen LogP contribution in [-0.4, -0.2) is 21.2 Å². The highest BCUT2D eigenvalue weighted by molar-refractivity contribution is 7.89. The molecule has 0 bridgehead atoms. The molecule has 0 fully saturated rings. The van der Waals surface area contributed by atoms with Crippen LogP contribution in [0.5, 0.6) is 5.75 Å². The fourth-order valence-corrected chi connectivity index (χ4v) is 3.67. The smallest absolute Gasteiger partial charge is 0.276 e. The van der Waals surface area contributed by atoms with E-state index in [0.29, 0.717) is 12.8 Å². The summed E-state index contributed by atoms with van der Waals surface area (Å²) < 4.78 is 30.0. The van der Waals surface area contributed by atoms with Crippen LogP contribution < -0.4 is 9.57 Å². The molecule has 126 valence electrons. The molecule has 3 rings (SSSR count). The molecule has 0 radical (unpaired) electrons. The number of aryl methyl sites for hydroxylation is 1. The standard InChI is InChI=1S/C18H20N2O3S/c1-13-6-9-16(10-7-13)24(21,22)20-19-15-8-11-17-14(12-15)4-3-5-18(17)23-2/h3-7,9-10,20H,8,11-12H2,1-2H3/b19-15+. The quantitative estimate of drug-likeness (QED) is 0.867. The SMILES string of the molecule is COc1cccc2c1CC/C(=N\NS(=O)(=O)c1ccc(C)cc1)C2. The van der Waals surface area contributed by atoms with E-state index < -0.39 is 10.0 Å². The number of methoxy groups -OCH3 is 1. The summed E-state index contributed by atoms with van der Waals surface area (Å²) in [5.74, 6) is 0.881. The van der Waals surface area contributed by atoms with Crippen molar-refractivity contribution in [2.45, 2.75) is 31.1 Å². The number of rotatable bonds is 4. The van der Waals surface area contributed by atoms with Crippen LogP contribution in [0.25, 0.3) is 0 Å². The van der Waals surface area contributed by atoms with Gasteiger partial charge in [0, 0.05) is 12.1 Å². The Bertz CT molecular complexity index is 872. The summed E-state index contributed by atoms with van der Waals surface area (Å²) in [4.78, 5) is 2.57. The number of fused-ring (bicyclic) bond motifs is 1. The molecule has 0 atom stereocenters. The average Bonchev–Trinajstić information content (AvgIpc) is 2.59. The highest BCUT2D eigenvalue weighted by Gasteiger charge is 2.19. The normalized spacial score (nSPS) is 15.8. The van der Waals surface area contributed by atoms with E-state index in [9.17, 15) is 8.42 Å². The summed E-state index contributed by atoms with van der Waals surface area (Å²) in [5, 5.41) is 4.15. The summed E-state index contributed by atoms with van der Waals surface area (Å²) in [7, 11) is -1.97. The minimum atomic E-state index is -3.63. The Morgan fingerprint density at radius 3 is 2.54 bits per heavy atom. The molecule has 0 unspecified atom stereocenters. The Hall–Kier alpha value is -2.34. The van der Waals surface area contributed by atoms with Crippen LogP contribution in [0.1, 0.15) is 23.1 Å². The first-order valence-electron chi connectivity index (χ1n) is 7.78. The minimum absolute atomic E-state index is 0.218. The predicted octanol–water partition coefficient (Wildman–Crippen LogP) is 2.83. The predicted molar refractivity (Wildman–Crippen MR) is 94.0 cm³/mol. The first-order chi connectivity index (χ1) is 11.5. The van der Waals surface area contributed by atoms with E-state index >= 15 is 0 Å². The lowest BCUT2D eigenvalue weighted by Gasteiger charge is -2.20. The van der Waals surface area contributed by atoms with Crippen molar-refractivity contribution < 1.29 is 13.2 Å². The van der Waals surface area contributed by atoms with Gasteiger partial charge in [-0.2, -0.15) is 13.5 Å². The van der Waals surface area contributed by atoms with Crippen molar-refractivity contribution in [3.63, 3.8) is 0 Å². The van der Waals surface area contributed by atoms with Crippen LogP contribution >= 0.6 is 0 Å². The summed E-state index contributed by atoms with van der Waals surface area (Å²) in [6.07, 6.45) is 2.14. The molecule has 0 spiro atoms. The van der Waals surface area contributed by atoms with E-state index in [1.807, 2.05) is 25.1 Å². The summed E-state index contributed by atoms with van der Waals surface area (Å²) in [5.41, 5.74) is 4.15. The first-order valence-corrected chi connectivity index (χ1v) is 9.26. The molecule has 0 heterocycles. The Morgan fingerprint density at radius 2 is 1.83 bits per heavy atom. The van der Waals surface area contributed by atoms with Crippen molar-refractivity contribution in [3.8, 4) is 5.75 Å². The van der Waals surface area contributed by atoms with E-state index in [1.165, 1.54) is 5.56 Å². The Labute approximate surface area is 142 Å². The lowest BCUT2D eigenvalue weighted by atomic mass is 9.90. The van der Waals surface area contributed by atoms with Gasteiger partial charge in [-0.05, 0) is 49.1 Å². The van der Waals surface area contributed by atoms with Gasteiger partial charge in [0.05, 0.1) is 12.0 Å². The molecule has 1 aliphatic rings. The second-order valence-electron chi connectivity index (χ2n) is 5.86. The Balaban J connectivity index is 1.77. The van der Waals surface area contributed by atoms with E-state index in [2.05, 4.69) is 9.93 Å². The Kier molecular flexibility index (Phi) is 4.57. The molecule has 0 amide bonds. The largest absolute Gasteiger partial charge is 0.496 e. The number of hydrogen-bond donors (Lipinski definition) is 1. The zero-order chi connectivity index (χ0) is 17.2. The molecule has 2 aromatic rings. The van der Waals surface area contributed by atoms with Gasteiger partial charge in [0.25, 0.3) is 10.0 Å². The van der Waals surface area contributed by atoms with Gasteiger partial charge in [-0.25, -0.2) is 4.83 Å². The van der Waals surface area contributed by atoms with Gasteiger partial charge in [-0.3, -0.25) is 0 Å². The molecule has 5 nitrogen and oxygen atoms in total. The van der Waals surface area contributed by atoms with Crippen LogP contribution in [0.3, 0.4) is 0 Å². The van der Waals surface area contributed by atoms with Gasteiger partial charge < -0.3 is 4.74 Å². The minimum Gasteiger partial charge on any atom is -0.496 e. The lowest BCUT2D eigenvalue weighted by Crippen LogP contribution is -2.23. The fourth-order valence-electron chi connectivity index (χ4n) is 2.82. The maximum Gasteiger partial charge on any atom is 0.276 e. The fraction of sp³-hybridized carbons (Fsp3) is 0.278. The van der Waals surface area contributed by atoms with Gasteiger partial charge >= 0.3 is 0 Å². The Morgan fingerprint density at radius 1 is 1.08 bits per heavy atom. The van der Waals surface area contributed by atoms with Crippen LogP contribution in [0.2, 0.25) is 0 Å². The third-order valence-corrected chi connectivity index (χ3v) is 5.39. The molecule has 6 heteroatoms. The van der Waals surface area contributed by atoms with Crippen molar-refractivity contribution in [3.05, 3.63) is 59.2 Å². The van der Waals surface area contributed by atoms with Gasteiger partial charge in [0.15, 0.2) is 0 Å². The molecule has 2 aromatic carbocycles. The average molecular weight is 344 g/mol. The maximum atomic E-state index is 12.3.